The lowest BCUT2D eigenvalue weighted by Gasteiger charge is -2.20. The molecule has 1 atom stereocenters. The van der Waals surface area contributed by atoms with Gasteiger partial charge in [0.2, 0.25) is 5.91 Å². The molecule has 0 radical (unpaired) electrons. The summed E-state index contributed by atoms with van der Waals surface area (Å²) >= 11 is 0. The highest BCUT2D eigenvalue weighted by Crippen LogP contribution is 2.33. The van der Waals surface area contributed by atoms with E-state index in [0.29, 0.717) is 31.3 Å². The summed E-state index contributed by atoms with van der Waals surface area (Å²) in [5, 5.41) is 7.37. The first-order chi connectivity index (χ1) is 14.5. The largest absolute Gasteiger partial charge is 0.486 e. The number of benzene rings is 2. The summed E-state index contributed by atoms with van der Waals surface area (Å²) in [4.78, 5) is 14.9. The molecule has 0 aliphatic carbocycles. The molecule has 2 heterocycles. The number of anilines is 2. The third-order valence-corrected chi connectivity index (χ3v) is 5.21. The van der Waals surface area contributed by atoms with Crippen LogP contribution in [0.15, 0.2) is 54.7 Å². The lowest BCUT2D eigenvalue weighted by molar-refractivity contribution is -0.117. The number of fused-ring (bicyclic) bond motifs is 1. The van der Waals surface area contributed by atoms with Crippen LogP contribution in [0.4, 0.5) is 11.5 Å². The molecule has 1 aliphatic rings. The molecule has 7 nitrogen and oxygen atoms in total. The fraction of sp³-hybridized carbons (Fsp3) is 0.304. The number of hydrogen-bond donors (Lipinski definition) is 1. The third kappa shape index (κ3) is 4.25. The Kier molecular flexibility index (Phi) is 5.61. The molecule has 1 aromatic heterocycles. The smallest absolute Gasteiger partial charge is 0.232 e. The Morgan fingerprint density at radius 2 is 1.83 bits per heavy atom. The van der Waals surface area contributed by atoms with Gasteiger partial charge >= 0.3 is 0 Å². The Labute approximate surface area is 176 Å². The van der Waals surface area contributed by atoms with E-state index in [9.17, 15) is 4.79 Å². The van der Waals surface area contributed by atoms with Crippen molar-refractivity contribution in [1.29, 1.82) is 0 Å². The Bertz CT molecular complexity index is 1030. The summed E-state index contributed by atoms with van der Waals surface area (Å²) in [6.45, 7) is 3.52. The topological polar surface area (TPSA) is 68.6 Å². The van der Waals surface area contributed by atoms with Crippen molar-refractivity contribution >= 4 is 17.4 Å². The van der Waals surface area contributed by atoms with Crippen molar-refractivity contribution in [3.63, 3.8) is 0 Å². The van der Waals surface area contributed by atoms with Crippen LogP contribution in [0.2, 0.25) is 0 Å². The maximum Gasteiger partial charge on any atom is 0.232 e. The van der Waals surface area contributed by atoms with E-state index in [1.54, 1.807) is 10.9 Å². The standard InChI is InChI=1S/C23H26N4O3/c1-16(18-6-9-20-21(14-18)30-13-12-29-20)23(28)25-22-10-11-24-27(22)15-17-4-7-19(8-5-17)26(2)3/h4-11,14,16H,12-13,15H2,1-3H3,(H,25,28). The highest BCUT2D eigenvalue weighted by molar-refractivity contribution is 5.95. The molecule has 0 bridgehead atoms. The maximum atomic E-state index is 12.9. The van der Waals surface area contributed by atoms with Gasteiger partial charge in [-0.05, 0) is 42.3 Å². The second-order valence-electron chi connectivity index (χ2n) is 7.55. The maximum absolute atomic E-state index is 12.9. The first kappa shape index (κ1) is 19.8. The number of ether oxygens (including phenoxy) is 2. The highest BCUT2D eigenvalue weighted by Gasteiger charge is 2.20. The van der Waals surface area contributed by atoms with E-state index in [4.69, 9.17) is 9.47 Å². The number of amides is 1. The first-order valence-corrected chi connectivity index (χ1v) is 10.00. The van der Waals surface area contributed by atoms with Gasteiger partial charge in [-0.3, -0.25) is 4.79 Å². The molecule has 0 saturated heterocycles. The molecular weight excluding hydrogens is 380 g/mol. The van der Waals surface area contributed by atoms with Gasteiger partial charge in [0.1, 0.15) is 19.0 Å². The summed E-state index contributed by atoms with van der Waals surface area (Å²) < 4.78 is 13.0. The molecule has 0 spiro atoms. The molecular formula is C23H26N4O3. The van der Waals surface area contributed by atoms with Crippen molar-refractivity contribution < 1.29 is 14.3 Å². The number of nitrogens with zero attached hydrogens (tertiary/aromatic N) is 3. The molecule has 0 saturated carbocycles. The zero-order chi connectivity index (χ0) is 21.1. The van der Waals surface area contributed by atoms with Crippen molar-refractivity contribution in [2.75, 3.05) is 37.5 Å². The van der Waals surface area contributed by atoms with E-state index in [2.05, 4.69) is 39.6 Å². The van der Waals surface area contributed by atoms with Crippen LogP contribution >= 0.6 is 0 Å². The fourth-order valence-corrected chi connectivity index (χ4v) is 3.35. The molecule has 1 amide bonds. The van der Waals surface area contributed by atoms with E-state index in [1.807, 2.05) is 45.3 Å². The van der Waals surface area contributed by atoms with Crippen LogP contribution in [0.5, 0.6) is 11.5 Å². The number of carbonyl (C=O) groups is 1. The predicted molar refractivity (Wildman–Crippen MR) is 117 cm³/mol. The van der Waals surface area contributed by atoms with Crippen molar-refractivity contribution in [3.05, 3.63) is 65.9 Å². The summed E-state index contributed by atoms with van der Waals surface area (Å²) in [5.74, 6) is 1.63. The van der Waals surface area contributed by atoms with Gasteiger partial charge in [-0.25, -0.2) is 4.68 Å². The second kappa shape index (κ2) is 8.49. The molecule has 1 aliphatic heterocycles. The van der Waals surface area contributed by atoms with Crippen LogP contribution in [-0.4, -0.2) is 43.0 Å². The van der Waals surface area contributed by atoms with Gasteiger partial charge in [0.15, 0.2) is 11.5 Å². The summed E-state index contributed by atoms with van der Waals surface area (Å²) in [6.07, 6.45) is 1.69. The lowest BCUT2D eigenvalue weighted by atomic mass is 9.99. The van der Waals surface area contributed by atoms with Gasteiger partial charge in [0.05, 0.1) is 18.7 Å². The van der Waals surface area contributed by atoms with Crippen LogP contribution in [0, 0.1) is 0 Å². The van der Waals surface area contributed by atoms with Gasteiger partial charge in [-0.15, -0.1) is 0 Å². The van der Waals surface area contributed by atoms with Crippen molar-refractivity contribution in [2.45, 2.75) is 19.4 Å². The zero-order valence-corrected chi connectivity index (χ0v) is 17.5. The van der Waals surface area contributed by atoms with Crippen molar-refractivity contribution in [1.82, 2.24) is 9.78 Å². The highest BCUT2D eigenvalue weighted by atomic mass is 16.6. The van der Waals surface area contributed by atoms with Crippen LogP contribution in [0.25, 0.3) is 0 Å². The number of rotatable bonds is 6. The Hall–Kier alpha value is -3.48. The predicted octanol–water partition coefficient (Wildman–Crippen LogP) is 3.51. The number of nitrogens with one attached hydrogen (secondary N) is 1. The molecule has 156 valence electrons. The van der Waals surface area contributed by atoms with Crippen LogP contribution in [0.1, 0.15) is 24.0 Å². The summed E-state index contributed by atoms with van der Waals surface area (Å²) in [5.41, 5.74) is 3.13. The molecule has 2 aromatic carbocycles. The zero-order valence-electron chi connectivity index (χ0n) is 17.5. The average Bonchev–Trinajstić information content (AvgIpc) is 3.19. The van der Waals surface area contributed by atoms with E-state index in [-0.39, 0.29) is 11.8 Å². The normalized spacial score (nSPS) is 13.6. The van der Waals surface area contributed by atoms with Crippen molar-refractivity contribution in [2.24, 2.45) is 0 Å². The number of carbonyl (C=O) groups excluding carboxylic acids is 1. The second-order valence-corrected chi connectivity index (χ2v) is 7.55. The molecule has 3 aromatic rings. The quantitative estimate of drug-likeness (QED) is 0.679. The summed E-state index contributed by atoms with van der Waals surface area (Å²) in [6, 6.07) is 15.7. The monoisotopic (exact) mass is 406 g/mol. The Morgan fingerprint density at radius 3 is 2.57 bits per heavy atom. The molecule has 1 N–H and O–H groups in total. The van der Waals surface area contributed by atoms with Gasteiger partial charge < -0.3 is 19.7 Å². The minimum absolute atomic E-state index is 0.101. The fourth-order valence-electron chi connectivity index (χ4n) is 3.35. The average molecular weight is 406 g/mol. The number of aromatic nitrogens is 2. The molecule has 1 unspecified atom stereocenters. The Balaban J connectivity index is 1.44. The van der Waals surface area contributed by atoms with Crippen molar-refractivity contribution in [3.8, 4) is 11.5 Å². The first-order valence-electron chi connectivity index (χ1n) is 10.00. The van der Waals surface area contributed by atoms with E-state index in [0.717, 1.165) is 22.6 Å². The molecule has 0 fully saturated rings. The van der Waals surface area contributed by atoms with Crippen LogP contribution in [-0.2, 0) is 11.3 Å². The molecule has 7 heteroatoms. The van der Waals surface area contributed by atoms with E-state index >= 15 is 0 Å². The van der Waals surface area contributed by atoms with Crippen LogP contribution in [0.3, 0.4) is 0 Å². The minimum Gasteiger partial charge on any atom is -0.486 e. The SMILES string of the molecule is CC(C(=O)Nc1ccnn1Cc1ccc(N(C)C)cc1)c1ccc2c(c1)OCCO2. The lowest BCUT2D eigenvalue weighted by Crippen LogP contribution is -2.22. The van der Waals surface area contributed by atoms with Crippen LogP contribution < -0.4 is 19.7 Å². The molecule has 30 heavy (non-hydrogen) atoms. The molecule has 4 rings (SSSR count). The van der Waals surface area contributed by atoms with Gasteiger partial charge in [0.25, 0.3) is 0 Å². The Morgan fingerprint density at radius 1 is 1.10 bits per heavy atom. The van der Waals surface area contributed by atoms with Gasteiger partial charge in [0, 0.05) is 25.8 Å². The van der Waals surface area contributed by atoms with E-state index < -0.39 is 0 Å². The minimum atomic E-state index is -0.344. The van der Waals surface area contributed by atoms with Gasteiger partial charge in [-0.1, -0.05) is 18.2 Å². The number of hydrogen-bond acceptors (Lipinski definition) is 5. The van der Waals surface area contributed by atoms with Gasteiger partial charge in [-0.2, -0.15) is 5.10 Å². The summed E-state index contributed by atoms with van der Waals surface area (Å²) in [7, 11) is 4.03. The van der Waals surface area contributed by atoms with E-state index in [1.165, 1.54) is 0 Å². The third-order valence-electron chi connectivity index (χ3n) is 5.21.